The van der Waals surface area contributed by atoms with E-state index >= 15 is 0 Å². The van der Waals surface area contributed by atoms with E-state index in [1.165, 1.54) is 23.9 Å². The van der Waals surface area contributed by atoms with Gasteiger partial charge in [0.15, 0.2) is 5.75 Å². The molecule has 2 aromatic carbocycles. The van der Waals surface area contributed by atoms with Gasteiger partial charge in [0.1, 0.15) is 6.54 Å². The van der Waals surface area contributed by atoms with E-state index < -0.39 is 40.0 Å². The number of benzene rings is 2. The van der Waals surface area contributed by atoms with Crippen LogP contribution in [0.3, 0.4) is 0 Å². The highest BCUT2D eigenvalue weighted by atomic mass is 32.2. The Kier molecular flexibility index (Phi) is 6.43. The summed E-state index contributed by atoms with van der Waals surface area (Å²) in [6.45, 7) is -0.457. The molecule has 3 rings (SSSR count). The minimum atomic E-state index is -0.755. The van der Waals surface area contributed by atoms with Crippen molar-refractivity contribution >= 4 is 58.0 Å². The molecule has 0 aromatic heterocycles. The first-order valence-corrected chi connectivity index (χ1v) is 10.5. The second-order valence-electron chi connectivity index (χ2n) is 6.05. The van der Waals surface area contributed by atoms with E-state index in [1.807, 2.05) is 12.3 Å². The number of imide groups is 1. The summed E-state index contributed by atoms with van der Waals surface area (Å²) in [6.07, 6.45) is 3.20. The second kappa shape index (κ2) is 9.01. The minimum absolute atomic E-state index is 0.0252. The molecule has 1 aliphatic rings. The van der Waals surface area contributed by atoms with Crippen molar-refractivity contribution in [3.8, 4) is 5.75 Å². The lowest BCUT2D eigenvalue weighted by atomic mass is 10.1. The molecular formula is C19H15N3O6S2. The molecule has 0 saturated carbocycles. The van der Waals surface area contributed by atoms with E-state index in [1.54, 1.807) is 18.2 Å². The number of nitrogens with one attached hydrogen (secondary N) is 1. The van der Waals surface area contributed by atoms with Gasteiger partial charge in [0.25, 0.3) is 11.1 Å². The number of carbonyl (C=O) groups is 3. The van der Waals surface area contributed by atoms with Crippen LogP contribution >= 0.6 is 23.5 Å². The Morgan fingerprint density at radius 1 is 1.30 bits per heavy atom. The van der Waals surface area contributed by atoms with E-state index in [0.717, 1.165) is 21.9 Å². The molecule has 0 atom stereocenters. The summed E-state index contributed by atoms with van der Waals surface area (Å²) in [7, 11) is 0. The van der Waals surface area contributed by atoms with E-state index in [9.17, 15) is 29.6 Å². The maximum absolute atomic E-state index is 12.5. The number of amides is 3. The molecule has 1 aliphatic heterocycles. The maximum Gasteiger partial charge on any atom is 0.311 e. The first-order valence-electron chi connectivity index (χ1n) is 8.45. The van der Waals surface area contributed by atoms with Crippen molar-refractivity contribution in [1.29, 1.82) is 0 Å². The number of hydrogen-bond donors (Lipinski definition) is 2. The molecule has 30 heavy (non-hydrogen) atoms. The number of phenols is 1. The van der Waals surface area contributed by atoms with Crippen molar-refractivity contribution in [2.75, 3.05) is 18.1 Å². The number of thioether (sulfide) groups is 2. The SMILES string of the molecule is CSc1cccc(NC(=O)CN2C(=O)S/C(=C/c3ccc(O)c([N+](=O)[O-])c3)C2=O)c1. The molecule has 2 N–H and O–H groups in total. The van der Waals surface area contributed by atoms with Crippen molar-refractivity contribution in [2.45, 2.75) is 4.90 Å². The third-order valence-electron chi connectivity index (χ3n) is 4.02. The van der Waals surface area contributed by atoms with Crippen molar-refractivity contribution in [3.63, 3.8) is 0 Å². The van der Waals surface area contributed by atoms with E-state index in [4.69, 9.17) is 0 Å². The third kappa shape index (κ3) is 4.81. The Balaban J connectivity index is 1.73. The minimum Gasteiger partial charge on any atom is -0.502 e. The van der Waals surface area contributed by atoms with Crippen LogP contribution in [0.2, 0.25) is 0 Å². The van der Waals surface area contributed by atoms with Gasteiger partial charge in [0, 0.05) is 16.6 Å². The fourth-order valence-electron chi connectivity index (χ4n) is 2.61. The van der Waals surface area contributed by atoms with E-state index in [-0.39, 0.29) is 10.5 Å². The predicted molar refractivity (Wildman–Crippen MR) is 114 cm³/mol. The van der Waals surface area contributed by atoms with Crippen LogP contribution in [-0.2, 0) is 9.59 Å². The number of phenolic OH excluding ortho intramolecular Hbond substituents is 1. The van der Waals surface area contributed by atoms with Crippen LogP contribution in [0.4, 0.5) is 16.2 Å². The lowest BCUT2D eigenvalue weighted by molar-refractivity contribution is -0.385. The number of anilines is 1. The largest absolute Gasteiger partial charge is 0.502 e. The molecule has 154 valence electrons. The van der Waals surface area contributed by atoms with Gasteiger partial charge in [-0.05, 0) is 53.9 Å². The fraction of sp³-hybridized carbons (Fsp3) is 0.105. The average Bonchev–Trinajstić information content (AvgIpc) is 2.96. The summed E-state index contributed by atoms with van der Waals surface area (Å²) in [5.74, 6) is -1.71. The zero-order chi connectivity index (χ0) is 21.8. The third-order valence-corrected chi connectivity index (χ3v) is 5.66. The quantitative estimate of drug-likeness (QED) is 0.298. The Hall–Kier alpha value is -3.31. The first-order chi connectivity index (χ1) is 14.3. The van der Waals surface area contributed by atoms with Crippen LogP contribution < -0.4 is 5.32 Å². The molecule has 9 nitrogen and oxygen atoms in total. The number of carbonyl (C=O) groups excluding carboxylic acids is 3. The molecular weight excluding hydrogens is 430 g/mol. The molecule has 1 fully saturated rings. The Labute approximate surface area is 179 Å². The van der Waals surface area contributed by atoms with Gasteiger partial charge in [0.2, 0.25) is 5.91 Å². The lowest BCUT2D eigenvalue weighted by Crippen LogP contribution is -2.36. The summed E-state index contributed by atoms with van der Waals surface area (Å²) < 4.78 is 0. The van der Waals surface area contributed by atoms with Crippen molar-refractivity contribution in [3.05, 3.63) is 63.0 Å². The number of nitro groups is 1. The number of nitro benzene ring substituents is 1. The first kappa shape index (κ1) is 21.4. The van der Waals surface area contributed by atoms with Gasteiger partial charge in [-0.2, -0.15) is 0 Å². The van der Waals surface area contributed by atoms with E-state index in [2.05, 4.69) is 5.32 Å². The van der Waals surface area contributed by atoms with Gasteiger partial charge in [-0.25, -0.2) is 0 Å². The van der Waals surface area contributed by atoms with Gasteiger partial charge in [-0.3, -0.25) is 29.4 Å². The van der Waals surface area contributed by atoms with Crippen molar-refractivity contribution in [2.24, 2.45) is 0 Å². The summed E-state index contributed by atoms with van der Waals surface area (Å²) in [5.41, 5.74) is 0.295. The van der Waals surface area contributed by atoms with Crippen LogP contribution in [0.5, 0.6) is 5.75 Å². The highest BCUT2D eigenvalue weighted by Gasteiger charge is 2.36. The average molecular weight is 445 g/mol. The van der Waals surface area contributed by atoms with Crippen LogP contribution in [0.15, 0.2) is 52.3 Å². The van der Waals surface area contributed by atoms with E-state index in [0.29, 0.717) is 17.4 Å². The van der Waals surface area contributed by atoms with Crippen LogP contribution in [-0.4, -0.2) is 44.8 Å². The van der Waals surface area contributed by atoms with Gasteiger partial charge < -0.3 is 10.4 Å². The highest BCUT2D eigenvalue weighted by Crippen LogP contribution is 2.34. The topological polar surface area (TPSA) is 130 Å². The molecule has 2 aromatic rings. The molecule has 11 heteroatoms. The summed E-state index contributed by atoms with van der Waals surface area (Å²) >= 11 is 2.14. The smallest absolute Gasteiger partial charge is 0.311 e. The number of hydrogen-bond acceptors (Lipinski definition) is 8. The van der Waals surface area contributed by atoms with Crippen LogP contribution in [0.25, 0.3) is 6.08 Å². The number of aromatic hydroxyl groups is 1. The predicted octanol–water partition coefficient (Wildman–Crippen LogP) is 3.70. The monoisotopic (exact) mass is 445 g/mol. The molecule has 0 bridgehead atoms. The van der Waals surface area contributed by atoms with Gasteiger partial charge in [-0.15, -0.1) is 11.8 Å². The second-order valence-corrected chi connectivity index (χ2v) is 7.93. The lowest BCUT2D eigenvalue weighted by Gasteiger charge is -2.12. The van der Waals surface area contributed by atoms with Crippen LogP contribution in [0.1, 0.15) is 5.56 Å². The number of rotatable bonds is 6. The highest BCUT2D eigenvalue weighted by molar-refractivity contribution is 8.18. The summed E-state index contributed by atoms with van der Waals surface area (Å²) in [4.78, 5) is 49.0. The molecule has 0 radical (unpaired) electrons. The normalized spacial score (nSPS) is 15.0. The fourth-order valence-corrected chi connectivity index (χ4v) is 3.91. The van der Waals surface area contributed by atoms with Crippen LogP contribution in [0, 0.1) is 10.1 Å². The number of nitrogens with zero attached hydrogens (tertiary/aromatic N) is 2. The molecule has 3 amide bonds. The Bertz CT molecular complexity index is 1090. The standard InChI is InChI=1S/C19H15N3O6S2/c1-29-13-4-2-3-12(9-13)20-17(24)10-21-18(25)16(30-19(21)26)8-11-5-6-15(23)14(7-11)22(27)28/h2-9,23H,10H2,1H3,(H,20,24)/b16-8+. The van der Waals surface area contributed by atoms with Gasteiger partial charge >= 0.3 is 5.69 Å². The molecule has 0 spiro atoms. The summed E-state index contributed by atoms with van der Waals surface area (Å²) in [5, 5.41) is 22.5. The molecule has 0 aliphatic carbocycles. The van der Waals surface area contributed by atoms with Crippen molar-refractivity contribution in [1.82, 2.24) is 4.90 Å². The maximum atomic E-state index is 12.5. The molecule has 0 unspecified atom stereocenters. The Morgan fingerprint density at radius 3 is 2.77 bits per heavy atom. The van der Waals surface area contributed by atoms with Gasteiger partial charge in [-0.1, -0.05) is 12.1 Å². The van der Waals surface area contributed by atoms with Gasteiger partial charge in [0.05, 0.1) is 9.83 Å². The zero-order valence-electron chi connectivity index (χ0n) is 15.5. The zero-order valence-corrected chi connectivity index (χ0v) is 17.2. The summed E-state index contributed by atoms with van der Waals surface area (Å²) in [6, 6.07) is 10.7. The Morgan fingerprint density at radius 2 is 2.07 bits per heavy atom. The molecule has 1 heterocycles. The molecule has 1 saturated heterocycles. The van der Waals surface area contributed by atoms with Crippen molar-refractivity contribution < 1.29 is 24.4 Å².